The number of pyridine rings is 1. The Morgan fingerprint density at radius 3 is 2.62 bits per heavy atom. The predicted octanol–water partition coefficient (Wildman–Crippen LogP) is 2.53. The molecule has 0 spiro atoms. The van der Waals surface area contributed by atoms with Gasteiger partial charge in [-0.25, -0.2) is 0 Å². The Labute approximate surface area is 109 Å². The Balaban J connectivity index is 0.00000112. The summed E-state index contributed by atoms with van der Waals surface area (Å²) in [5.41, 5.74) is 1.23. The molecule has 1 aliphatic rings. The minimum absolute atomic E-state index is 0. The Bertz CT molecular complexity index is 306. The molecule has 0 radical (unpaired) electrons. The van der Waals surface area contributed by atoms with Crippen molar-refractivity contribution in [3.63, 3.8) is 0 Å². The van der Waals surface area contributed by atoms with E-state index in [0.717, 1.165) is 12.2 Å². The van der Waals surface area contributed by atoms with E-state index < -0.39 is 0 Å². The molecule has 0 N–H and O–H groups in total. The Hall–Kier alpha value is -0.510. The highest BCUT2D eigenvalue weighted by Crippen LogP contribution is 2.13. The predicted molar refractivity (Wildman–Crippen MR) is 69.8 cm³/mol. The van der Waals surface area contributed by atoms with E-state index in [1.807, 2.05) is 6.20 Å². The van der Waals surface area contributed by atoms with E-state index in [1.54, 1.807) is 6.20 Å². The van der Waals surface area contributed by atoms with Crippen LogP contribution in [0.25, 0.3) is 0 Å². The minimum atomic E-state index is 0. The molecule has 0 atom stereocenters. The van der Waals surface area contributed by atoms with Crippen molar-refractivity contribution in [1.82, 2.24) is 9.88 Å². The van der Waals surface area contributed by atoms with Crippen molar-refractivity contribution in [3.05, 3.63) is 24.0 Å². The molecular weight excluding hydrogens is 247 g/mol. The molecule has 1 aromatic rings. The van der Waals surface area contributed by atoms with Gasteiger partial charge in [0.25, 0.3) is 0 Å². The largest absolute Gasteiger partial charge is 0.477 e. The van der Waals surface area contributed by atoms with Gasteiger partial charge in [0.2, 0.25) is 0 Å². The number of halogens is 2. The van der Waals surface area contributed by atoms with Crippen LogP contribution in [0.3, 0.4) is 0 Å². The van der Waals surface area contributed by atoms with Crippen molar-refractivity contribution in [2.24, 2.45) is 0 Å². The van der Waals surface area contributed by atoms with Gasteiger partial charge in [-0.2, -0.15) is 0 Å². The second-order valence-electron chi connectivity index (χ2n) is 3.63. The van der Waals surface area contributed by atoms with Crippen LogP contribution in [0, 0.1) is 0 Å². The molecule has 0 aromatic carbocycles. The Morgan fingerprint density at radius 1 is 1.31 bits per heavy atom. The number of hydrogen-bond donors (Lipinski definition) is 0. The van der Waals surface area contributed by atoms with E-state index in [0.29, 0.717) is 6.73 Å². The highest BCUT2D eigenvalue weighted by atomic mass is 35.5. The van der Waals surface area contributed by atoms with Gasteiger partial charge in [0, 0.05) is 19.3 Å². The normalized spacial score (nSPS) is 14.3. The molecule has 0 bridgehead atoms. The first kappa shape index (κ1) is 15.5. The van der Waals surface area contributed by atoms with Crippen molar-refractivity contribution < 1.29 is 4.74 Å². The van der Waals surface area contributed by atoms with Crippen LogP contribution in [0.5, 0.6) is 5.75 Å². The molecule has 2 rings (SSSR count). The monoisotopic (exact) mass is 264 g/mol. The maximum absolute atomic E-state index is 5.62. The van der Waals surface area contributed by atoms with Gasteiger partial charge in [0.1, 0.15) is 12.5 Å². The topological polar surface area (TPSA) is 25.4 Å². The van der Waals surface area contributed by atoms with Crippen LogP contribution in [-0.4, -0.2) is 29.7 Å². The number of aryl methyl sites for hydroxylation is 1. The third-order valence-corrected chi connectivity index (χ3v) is 2.54. The molecule has 3 nitrogen and oxygen atoms in total. The molecule has 5 heteroatoms. The summed E-state index contributed by atoms with van der Waals surface area (Å²) in [7, 11) is 0. The van der Waals surface area contributed by atoms with Crippen LogP contribution in [0.1, 0.15) is 18.9 Å². The van der Waals surface area contributed by atoms with Gasteiger partial charge in [-0.1, -0.05) is 6.92 Å². The van der Waals surface area contributed by atoms with Crippen LogP contribution in [0.2, 0.25) is 0 Å². The SMILES string of the molecule is CCc1cncc(OCN2CCC2)c1.Cl.Cl. The maximum Gasteiger partial charge on any atom is 0.142 e. The molecule has 0 amide bonds. The van der Waals surface area contributed by atoms with Crippen molar-refractivity contribution in [2.45, 2.75) is 19.8 Å². The van der Waals surface area contributed by atoms with Crippen molar-refractivity contribution >= 4 is 24.8 Å². The molecule has 2 heterocycles. The maximum atomic E-state index is 5.62. The average Bonchev–Trinajstić information content (AvgIpc) is 2.16. The van der Waals surface area contributed by atoms with Crippen LogP contribution in [-0.2, 0) is 6.42 Å². The average molecular weight is 265 g/mol. The molecule has 16 heavy (non-hydrogen) atoms. The smallest absolute Gasteiger partial charge is 0.142 e. The summed E-state index contributed by atoms with van der Waals surface area (Å²) in [5.74, 6) is 0.885. The first-order valence-electron chi connectivity index (χ1n) is 5.17. The van der Waals surface area contributed by atoms with Gasteiger partial charge in [0.05, 0.1) is 6.20 Å². The zero-order valence-corrected chi connectivity index (χ0v) is 11.0. The standard InChI is InChI=1S/C11H16N2O.2ClH/c1-2-10-6-11(8-12-7-10)14-9-13-4-3-5-13;;/h6-8H,2-5,9H2,1H3;2*1H. The van der Waals surface area contributed by atoms with E-state index in [4.69, 9.17) is 4.74 Å². The number of hydrogen-bond acceptors (Lipinski definition) is 3. The lowest BCUT2D eigenvalue weighted by Crippen LogP contribution is -2.39. The van der Waals surface area contributed by atoms with Crippen LogP contribution in [0.4, 0.5) is 0 Å². The molecule has 1 aliphatic heterocycles. The van der Waals surface area contributed by atoms with Crippen molar-refractivity contribution in [3.8, 4) is 5.75 Å². The number of aromatic nitrogens is 1. The van der Waals surface area contributed by atoms with Crippen LogP contribution >= 0.6 is 24.8 Å². The second-order valence-corrected chi connectivity index (χ2v) is 3.63. The summed E-state index contributed by atoms with van der Waals surface area (Å²) in [4.78, 5) is 6.41. The highest BCUT2D eigenvalue weighted by molar-refractivity contribution is 5.85. The summed E-state index contributed by atoms with van der Waals surface area (Å²) in [5, 5.41) is 0. The summed E-state index contributed by atoms with van der Waals surface area (Å²) < 4.78 is 5.62. The molecule has 92 valence electrons. The second kappa shape index (κ2) is 7.71. The van der Waals surface area contributed by atoms with Gasteiger partial charge in [-0.05, 0) is 24.5 Å². The van der Waals surface area contributed by atoms with Crippen molar-refractivity contribution in [2.75, 3.05) is 19.8 Å². The molecule has 1 saturated heterocycles. The highest BCUT2D eigenvalue weighted by Gasteiger charge is 2.13. The quantitative estimate of drug-likeness (QED) is 0.836. The van der Waals surface area contributed by atoms with Crippen LogP contribution < -0.4 is 4.74 Å². The van der Waals surface area contributed by atoms with E-state index in [2.05, 4.69) is 22.9 Å². The zero-order chi connectivity index (χ0) is 9.80. The first-order chi connectivity index (χ1) is 6.88. The fourth-order valence-corrected chi connectivity index (χ4v) is 1.41. The molecule has 0 aliphatic carbocycles. The lowest BCUT2D eigenvalue weighted by atomic mass is 10.2. The van der Waals surface area contributed by atoms with Crippen molar-refractivity contribution in [1.29, 1.82) is 0 Å². The molecule has 0 unspecified atom stereocenters. The number of likely N-dealkylation sites (tertiary alicyclic amines) is 1. The Morgan fingerprint density at radius 2 is 2.06 bits per heavy atom. The number of rotatable bonds is 4. The summed E-state index contributed by atoms with van der Waals surface area (Å²) in [6, 6.07) is 2.06. The van der Waals surface area contributed by atoms with Gasteiger partial charge >= 0.3 is 0 Å². The molecule has 1 aromatic heterocycles. The summed E-state index contributed by atoms with van der Waals surface area (Å²) >= 11 is 0. The van der Waals surface area contributed by atoms with E-state index >= 15 is 0 Å². The first-order valence-corrected chi connectivity index (χ1v) is 5.17. The van der Waals surface area contributed by atoms with Gasteiger partial charge in [0.15, 0.2) is 0 Å². The minimum Gasteiger partial charge on any atom is -0.477 e. The molecule has 1 fully saturated rings. The zero-order valence-electron chi connectivity index (χ0n) is 9.39. The lowest BCUT2D eigenvalue weighted by molar-refractivity contribution is 0.0728. The summed E-state index contributed by atoms with van der Waals surface area (Å²) in [6.07, 6.45) is 5.97. The van der Waals surface area contributed by atoms with Gasteiger partial charge in [-0.15, -0.1) is 24.8 Å². The summed E-state index contributed by atoms with van der Waals surface area (Å²) in [6.45, 7) is 5.16. The lowest BCUT2D eigenvalue weighted by Gasteiger charge is -2.30. The fourth-order valence-electron chi connectivity index (χ4n) is 1.41. The van der Waals surface area contributed by atoms with Crippen LogP contribution in [0.15, 0.2) is 18.5 Å². The number of ether oxygens (including phenoxy) is 1. The number of nitrogens with zero attached hydrogens (tertiary/aromatic N) is 2. The van der Waals surface area contributed by atoms with E-state index in [9.17, 15) is 0 Å². The fraction of sp³-hybridized carbons (Fsp3) is 0.545. The van der Waals surface area contributed by atoms with E-state index in [1.165, 1.54) is 25.1 Å². The van der Waals surface area contributed by atoms with E-state index in [-0.39, 0.29) is 24.8 Å². The Kier molecular flexibility index (Phi) is 7.47. The van der Waals surface area contributed by atoms with Gasteiger partial charge < -0.3 is 4.74 Å². The third-order valence-electron chi connectivity index (χ3n) is 2.54. The van der Waals surface area contributed by atoms with Gasteiger partial charge in [-0.3, -0.25) is 9.88 Å². The third kappa shape index (κ3) is 4.16. The molecular formula is C11H18Cl2N2O. The molecule has 0 saturated carbocycles.